The van der Waals surface area contributed by atoms with Gasteiger partial charge in [0.15, 0.2) is 11.5 Å². The number of aromatic nitrogens is 2. The van der Waals surface area contributed by atoms with Crippen molar-refractivity contribution >= 4 is 49.7 Å². The molecule has 0 aliphatic rings. The summed E-state index contributed by atoms with van der Waals surface area (Å²) in [6, 6.07) is 24.8. The maximum absolute atomic E-state index is 13.6. The van der Waals surface area contributed by atoms with E-state index in [9.17, 15) is 14.9 Å². The van der Waals surface area contributed by atoms with E-state index in [-0.39, 0.29) is 29.6 Å². The van der Waals surface area contributed by atoms with Gasteiger partial charge in [0.05, 0.1) is 29.2 Å². The molecule has 2 aromatic heterocycles. The quantitative estimate of drug-likeness (QED) is 0.0976. The molecule has 0 saturated carbocycles. The highest BCUT2D eigenvalue weighted by Crippen LogP contribution is 2.38. The number of hydrogen-bond acceptors (Lipinski definition) is 8. The fraction of sp³-hybridized carbons (Fsp3) is 0.0938. The lowest BCUT2D eigenvalue weighted by atomic mass is 10.1. The Bertz CT molecular complexity index is 2120. The Morgan fingerprint density at radius 2 is 1.91 bits per heavy atom. The molecule has 0 bridgehead atoms. The average molecular weight is 639 g/mol. The highest BCUT2D eigenvalue weighted by molar-refractivity contribution is 9.10. The molecule has 6 aromatic rings. The minimum absolute atomic E-state index is 0.00943. The Morgan fingerprint density at radius 1 is 1.07 bits per heavy atom. The van der Waals surface area contributed by atoms with E-state index in [4.69, 9.17) is 13.9 Å². The molecule has 2 heterocycles. The number of fused-ring (bicyclic) bond motifs is 2. The molecule has 0 aliphatic carbocycles. The van der Waals surface area contributed by atoms with Gasteiger partial charge in [-0.25, -0.2) is 4.98 Å². The number of rotatable bonds is 8. The van der Waals surface area contributed by atoms with E-state index in [2.05, 4.69) is 26.0 Å². The highest BCUT2D eigenvalue weighted by atomic mass is 79.9. The van der Waals surface area contributed by atoms with Crippen LogP contribution in [0.4, 0.5) is 5.69 Å². The van der Waals surface area contributed by atoms with E-state index < -0.39 is 10.5 Å². The molecule has 0 saturated heterocycles. The average Bonchev–Trinajstić information content (AvgIpc) is 3.42. The number of hydrogen-bond donors (Lipinski definition) is 0. The molecule has 0 N–H and O–H groups in total. The van der Waals surface area contributed by atoms with Crippen molar-refractivity contribution in [3.8, 4) is 23.1 Å². The van der Waals surface area contributed by atoms with Gasteiger partial charge in [-0.2, -0.15) is 9.78 Å². The maximum atomic E-state index is 13.6. The third-order valence-corrected chi connectivity index (χ3v) is 7.21. The molecule has 43 heavy (non-hydrogen) atoms. The summed E-state index contributed by atoms with van der Waals surface area (Å²) in [7, 11) is 1.40. The van der Waals surface area contributed by atoms with Crippen LogP contribution in [0.25, 0.3) is 33.5 Å². The zero-order valence-corrected chi connectivity index (χ0v) is 24.6. The molecule has 0 unspecified atom stereocenters. The van der Waals surface area contributed by atoms with Gasteiger partial charge in [0, 0.05) is 21.5 Å². The standard InChI is InChI=1S/C32H23BrN4O6/c1-19-6-5-7-20(12-19)18-42-30-26(37(39)40)13-21(14-28(30)41-2)17-34-36-31(35-25-9-4-3-8-24(25)32(36)38)29-16-22-15-23(33)10-11-27(22)43-29/h3-17H,18H2,1-2H3. The molecule has 214 valence electrons. The third kappa shape index (κ3) is 5.62. The number of nitro benzene ring substituents is 1. The molecular formula is C32H23BrN4O6. The van der Waals surface area contributed by atoms with Gasteiger partial charge in [-0.05, 0) is 55.0 Å². The number of para-hydroxylation sites is 1. The Balaban J connectivity index is 1.44. The number of nitro groups is 1. The molecule has 0 spiro atoms. The van der Waals surface area contributed by atoms with E-state index >= 15 is 0 Å². The molecule has 0 atom stereocenters. The summed E-state index contributed by atoms with van der Waals surface area (Å²) in [5.74, 6) is 0.642. The lowest BCUT2D eigenvalue weighted by molar-refractivity contribution is -0.386. The fourth-order valence-electron chi connectivity index (χ4n) is 4.71. The van der Waals surface area contributed by atoms with Crippen molar-refractivity contribution < 1.29 is 18.8 Å². The Morgan fingerprint density at radius 3 is 2.70 bits per heavy atom. The number of ether oxygens (including phenoxy) is 2. The van der Waals surface area contributed by atoms with E-state index in [0.717, 1.165) is 25.7 Å². The highest BCUT2D eigenvalue weighted by Gasteiger charge is 2.23. The predicted octanol–water partition coefficient (Wildman–Crippen LogP) is 7.26. The predicted molar refractivity (Wildman–Crippen MR) is 167 cm³/mol. The first-order valence-corrected chi connectivity index (χ1v) is 13.9. The molecule has 0 radical (unpaired) electrons. The van der Waals surface area contributed by atoms with Gasteiger partial charge in [-0.15, -0.1) is 0 Å². The van der Waals surface area contributed by atoms with E-state index in [1.807, 2.05) is 49.4 Å². The Kier molecular flexibility index (Phi) is 7.47. The summed E-state index contributed by atoms with van der Waals surface area (Å²) in [5.41, 5.74) is 2.56. The van der Waals surface area contributed by atoms with E-state index in [1.54, 1.807) is 36.4 Å². The van der Waals surface area contributed by atoms with E-state index in [1.165, 1.54) is 19.4 Å². The van der Waals surface area contributed by atoms with Gasteiger partial charge >= 0.3 is 5.69 Å². The number of aryl methyl sites for hydroxylation is 1. The summed E-state index contributed by atoms with van der Waals surface area (Å²) in [6.07, 6.45) is 1.33. The summed E-state index contributed by atoms with van der Waals surface area (Å²) in [4.78, 5) is 29.8. The van der Waals surface area contributed by atoms with Crippen LogP contribution < -0.4 is 15.0 Å². The van der Waals surface area contributed by atoms with Gasteiger partial charge in [-0.3, -0.25) is 14.9 Å². The molecule has 6 rings (SSSR count). The smallest absolute Gasteiger partial charge is 0.315 e. The molecule has 11 heteroatoms. The number of methoxy groups -OCH3 is 1. The van der Waals surface area contributed by atoms with Gasteiger partial charge < -0.3 is 13.9 Å². The van der Waals surface area contributed by atoms with Crippen LogP contribution in [0.1, 0.15) is 16.7 Å². The van der Waals surface area contributed by atoms with Crippen molar-refractivity contribution in [3.63, 3.8) is 0 Å². The second-order valence-corrected chi connectivity index (χ2v) is 10.6. The maximum Gasteiger partial charge on any atom is 0.315 e. The monoisotopic (exact) mass is 638 g/mol. The topological polar surface area (TPSA) is 122 Å². The van der Waals surface area contributed by atoms with Crippen molar-refractivity contribution in [1.29, 1.82) is 0 Å². The fourth-order valence-corrected chi connectivity index (χ4v) is 5.09. The molecule has 0 fully saturated rings. The Hall–Kier alpha value is -5.29. The van der Waals surface area contributed by atoms with Crippen LogP contribution >= 0.6 is 15.9 Å². The molecule has 10 nitrogen and oxygen atoms in total. The Labute approximate surface area is 253 Å². The zero-order valence-electron chi connectivity index (χ0n) is 23.0. The lowest BCUT2D eigenvalue weighted by Crippen LogP contribution is -2.20. The molecule has 4 aromatic carbocycles. The number of halogens is 1. The summed E-state index contributed by atoms with van der Waals surface area (Å²) >= 11 is 3.46. The first-order valence-electron chi connectivity index (χ1n) is 13.1. The largest absolute Gasteiger partial charge is 0.493 e. The van der Waals surface area contributed by atoms with Crippen LogP contribution in [0.5, 0.6) is 11.5 Å². The van der Waals surface area contributed by atoms with Crippen molar-refractivity contribution in [1.82, 2.24) is 9.66 Å². The zero-order chi connectivity index (χ0) is 30.1. The van der Waals surface area contributed by atoms with Gasteiger partial charge in [0.2, 0.25) is 11.6 Å². The van der Waals surface area contributed by atoms with Crippen LogP contribution in [-0.4, -0.2) is 27.9 Å². The second kappa shape index (κ2) is 11.5. The molecule has 0 aliphatic heterocycles. The third-order valence-electron chi connectivity index (χ3n) is 6.71. The van der Waals surface area contributed by atoms with Crippen LogP contribution in [0.3, 0.4) is 0 Å². The SMILES string of the molecule is COc1cc(C=Nn2c(-c3cc4cc(Br)ccc4o3)nc3ccccc3c2=O)cc([N+](=O)[O-])c1OCc1cccc(C)c1. The van der Waals surface area contributed by atoms with Crippen molar-refractivity contribution in [2.75, 3.05) is 7.11 Å². The van der Waals surface area contributed by atoms with Crippen LogP contribution in [0, 0.1) is 17.0 Å². The summed E-state index contributed by atoms with van der Waals surface area (Å²) < 4.78 is 19.4. The van der Waals surface area contributed by atoms with E-state index in [0.29, 0.717) is 27.8 Å². The number of nitrogens with zero attached hydrogens (tertiary/aromatic N) is 4. The van der Waals surface area contributed by atoms with Crippen LogP contribution in [-0.2, 0) is 6.61 Å². The van der Waals surface area contributed by atoms with Gasteiger partial charge in [0.1, 0.15) is 12.2 Å². The van der Waals surface area contributed by atoms with Crippen LogP contribution in [0.2, 0.25) is 0 Å². The minimum atomic E-state index is -0.548. The van der Waals surface area contributed by atoms with Crippen molar-refractivity contribution in [2.45, 2.75) is 13.5 Å². The number of furan rings is 1. The van der Waals surface area contributed by atoms with Crippen LogP contribution in [0.15, 0.2) is 104 Å². The first kappa shape index (κ1) is 27.9. The van der Waals surface area contributed by atoms with Crippen molar-refractivity contribution in [3.05, 3.63) is 127 Å². The van der Waals surface area contributed by atoms with Gasteiger partial charge in [0.25, 0.3) is 5.56 Å². The second-order valence-electron chi connectivity index (χ2n) is 9.71. The number of benzene rings is 4. The molecule has 0 amide bonds. The van der Waals surface area contributed by atoms with Gasteiger partial charge in [-0.1, -0.05) is 57.9 Å². The molecular weight excluding hydrogens is 616 g/mol. The van der Waals surface area contributed by atoms with Crippen molar-refractivity contribution in [2.24, 2.45) is 5.10 Å². The normalized spacial score (nSPS) is 11.4. The first-order chi connectivity index (χ1) is 20.8. The minimum Gasteiger partial charge on any atom is -0.493 e. The summed E-state index contributed by atoms with van der Waals surface area (Å²) in [6.45, 7) is 2.07. The summed E-state index contributed by atoms with van der Waals surface area (Å²) in [5, 5.41) is 17.7. The lowest BCUT2D eigenvalue weighted by Gasteiger charge is -2.12.